The summed E-state index contributed by atoms with van der Waals surface area (Å²) in [5, 5.41) is 6.83. The van der Waals surface area contributed by atoms with Crippen LogP contribution in [0.25, 0.3) is 6.08 Å². The molecule has 0 fully saturated rings. The maximum Gasteiger partial charge on any atom is 0.255 e. The largest absolute Gasteiger partial charge is 0.279 e. The Morgan fingerprint density at radius 2 is 1.63 bits per heavy atom. The van der Waals surface area contributed by atoms with Gasteiger partial charge in [0.25, 0.3) is 10.0 Å². The van der Waals surface area contributed by atoms with E-state index >= 15 is 0 Å². The maximum atomic E-state index is 12.4. The monoisotopic (exact) mass is 446 g/mol. The highest BCUT2D eigenvalue weighted by molar-refractivity contribution is 7.95. The van der Waals surface area contributed by atoms with Crippen LogP contribution in [0.2, 0.25) is 10.0 Å². The fraction of sp³-hybridized carbons (Fsp3) is 0.176. The van der Waals surface area contributed by atoms with Gasteiger partial charge in [-0.15, -0.1) is 0 Å². The van der Waals surface area contributed by atoms with Gasteiger partial charge in [-0.25, -0.2) is 22.0 Å². The number of nitrogens with two attached hydrogens (primary N) is 1. The quantitative estimate of drug-likeness (QED) is 0.731. The van der Waals surface area contributed by atoms with Crippen LogP contribution in [0.15, 0.2) is 40.6 Å². The van der Waals surface area contributed by atoms with Gasteiger partial charge in [-0.05, 0) is 66.3 Å². The lowest BCUT2D eigenvalue weighted by molar-refractivity contribution is 0.598. The number of hydrogen-bond donors (Lipinski definition) is 2. The summed E-state index contributed by atoms with van der Waals surface area (Å²) in [6, 6.07) is 7.64. The van der Waals surface area contributed by atoms with Gasteiger partial charge in [0.15, 0.2) is 0 Å². The molecule has 10 heteroatoms. The lowest BCUT2D eigenvalue weighted by Gasteiger charge is -2.12. The summed E-state index contributed by atoms with van der Waals surface area (Å²) in [6.45, 7) is 0. The van der Waals surface area contributed by atoms with E-state index in [2.05, 4.69) is 4.72 Å². The van der Waals surface area contributed by atoms with E-state index in [0.717, 1.165) is 35.8 Å². The number of halogens is 2. The number of sulfonamides is 2. The molecule has 2 aromatic carbocycles. The van der Waals surface area contributed by atoms with Crippen molar-refractivity contribution < 1.29 is 16.8 Å². The lowest BCUT2D eigenvalue weighted by Crippen LogP contribution is -2.18. The summed E-state index contributed by atoms with van der Waals surface area (Å²) >= 11 is 11.7. The second-order valence-corrected chi connectivity index (χ2v) is 10.0. The van der Waals surface area contributed by atoms with Crippen LogP contribution in [0.4, 0.5) is 5.69 Å². The van der Waals surface area contributed by atoms with E-state index in [4.69, 9.17) is 28.3 Å². The number of aryl methyl sites for hydroxylation is 2. The minimum absolute atomic E-state index is 0.0584. The van der Waals surface area contributed by atoms with Gasteiger partial charge in [-0.2, -0.15) is 0 Å². The standard InChI is InChI=1S/C17H16Cl2N2O4S2/c18-14-5-4-11(8-15(14)19)6-7-26(22,23)21-16-9-12-2-1-3-13(12)10-17(16)27(20,24)25/h4-10,21H,1-3H2,(H2,20,24,25). The Morgan fingerprint density at radius 3 is 2.26 bits per heavy atom. The van der Waals surface area contributed by atoms with E-state index in [1.165, 1.54) is 24.3 Å². The zero-order valence-electron chi connectivity index (χ0n) is 13.9. The number of primary sulfonamides is 1. The molecular formula is C17H16Cl2N2O4S2. The van der Waals surface area contributed by atoms with Crippen LogP contribution in [0.1, 0.15) is 23.1 Å². The molecular weight excluding hydrogens is 431 g/mol. The van der Waals surface area contributed by atoms with Gasteiger partial charge in [0, 0.05) is 0 Å². The summed E-state index contributed by atoms with van der Waals surface area (Å²) in [4.78, 5) is -0.241. The summed E-state index contributed by atoms with van der Waals surface area (Å²) in [7, 11) is -8.07. The molecule has 144 valence electrons. The van der Waals surface area contributed by atoms with Gasteiger partial charge in [0.1, 0.15) is 4.90 Å². The predicted octanol–water partition coefficient (Wildman–Crippen LogP) is 3.54. The third kappa shape index (κ3) is 4.83. The van der Waals surface area contributed by atoms with E-state index in [0.29, 0.717) is 15.6 Å². The molecule has 0 unspecified atom stereocenters. The zero-order valence-corrected chi connectivity index (χ0v) is 17.1. The number of benzene rings is 2. The Kier molecular flexibility index (Phi) is 5.56. The lowest BCUT2D eigenvalue weighted by atomic mass is 10.1. The molecule has 0 saturated carbocycles. The Balaban J connectivity index is 1.93. The highest BCUT2D eigenvalue weighted by Crippen LogP contribution is 2.31. The van der Waals surface area contributed by atoms with Crippen molar-refractivity contribution in [3.8, 4) is 0 Å². The van der Waals surface area contributed by atoms with E-state index in [1.807, 2.05) is 0 Å². The average Bonchev–Trinajstić information content (AvgIpc) is 3.01. The van der Waals surface area contributed by atoms with E-state index in [-0.39, 0.29) is 10.6 Å². The van der Waals surface area contributed by atoms with Gasteiger partial charge in [0.05, 0.1) is 21.1 Å². The molecule has 0 saturated heterocycles. The van der Waals surface area contributed by atoms with E-state index < -0.39 is 20.0 Å². The van der Waals surface area contributed by atoms with Crippen molar-refractivity contribution in [2.75, 3.05) is 4.72 Å². The Morgan fingerprint density at radius 1 is 0.963 bits per heavy atom. The first-order valence-electron chi connectivity index (χ1n) is 7.90. The Hall–Kier alpha value is -1.58. The van der Waals surface area contributed by atoms with Crippen molar-refractivity contribution in [1.29, 1.82) is 0 Å². The number of anilines is 1. The van der Waals surface area contributed by atoms with Crippen molar-refractivity contribution in [3.63, 3.8) is 0 Å². The maximum absolute atomic E-state index is 12.4. The predicted molar refractivity (Wildman–Crippen MR) is 108 cm³/mol. The van der Waals surface area contributed by atoms with E-state index in [9.17, 15) is 16.8 Å². The van der Waals surface area contributed by atoms with Crippen LogP contribution in [0.3, 0.4) is 0 Å². The summed E-state index contributed by atoms with van der Waals surface area (Å²) < 4.78 is 50.9. The molecule has 1 aliphatic carbocycles. The minimum Gasteiger partial charge on any atom is -0.279 e. The normalized spacial score (nSPS) is 14.5. The average molecular weight is 447 g/mol. The molecule has 0 atom stereocenters. The molecule has 2 aromatic rings. The summed E-state index contributed by atoms with van der Waals surface area (Å²) in [5.74, 6) is 0. The van der Waals surface area contributed by atoms with Crippen LogP contribution in [-0.2, 0) is 32.9 Å². The van der Waals surface area contributed by atoms with Crippen molar-refractivity contribution in [2.24, 2.45) is 5.14 Å². The molecule has 0 spiro atoms. The summed E-state index contributed by atoms with van der Waals surface area (Å²) in [6.07, 6.45) is 3.71. The molecule has 0 bridgehead atoms. The Labute approximate surface area is 168 Å². The molecule has 0 heterocycles. The molecule has 3 rings (SSSR count). The number of hydrogen-bond acceptors (Lipinski definition) is 4. The molecule has 1 aliphatic rings. The van der Waals surface area contributed by atoms with Crippen molar-refractivity contribution >= 4 is 55.0 Å². The number of rotatable bonds is 5. The highest BCUT2D eigenvalue weighted by Gasteiger charge is 2.22. The third-order valence-corrected chi connectivity index (χ3v) is 6.82. The highest BCUT2D eigenvalue weighted by atomic mass is 35.5. The first-order valence-corrected chi connectivity index (χ1v) is 11.7. The van der Waals surface area contributed by atoms with Gasteiger partial charge in [-0.1, -0.05) is 29.3 Å². The second-order valence-electron chi connectivity index (χ2n) is 6.14. The molecule has 6 nitrogen and oxygen atoms in total. The fourth-order valence-electron chi connectivity index (χ4n) is 2.89. The minimum atomic E-state index is -4.09. The summed E-state index contributed by atoms with van der Waals surface area (Å²) in [5.41, 5.74) is 2.24. The fourth-order valence-corrected chi connectivity index (χ4v) is 4.86. The van der Waals surface area contributed by atoms with Crippen LogP contribution in [0, 0.1) is 0 Å². The molecule has 3 N–H and O–H groups in total. The zero-order chi connectivity index (χ0) is 19.8. The molecule has 0 aromatic heterocycles. The third-order valence-electron chi connectivity index (χ3n) is 4.14. The molecule has 0 aliphatic heterocycles. The number of fused-ring (bicyclic) bond motifs is 1. The van der Waals surface area contributed by atoms with Crippen molar-refractivity contribution in [1.82, 2.24) is 0 Å². The SMILES string of the molecule is NS(=O)(=O)c1cc2c(cc1NS(=O)(=O)C=Cc1ccc(Cl)c(Cl)c1)CCC2. The van der Waals surface area contributed by atoms with Crippen LogP contribution >= 0.6 is 23.2 Å². The number of nitrogens with one attached hydrogen (secondary N) is 1. The van der Waals surface area contributed by atoms with Gasteiger partial charge in [-0.3, -0.25) is 4.72 Å². The topological polar surface area (TPSA) is 106 Å². The first kappa shape index (κ1) is 20.2. The second kappa shape index (κ2) is 7.44. The first-order chi connectivity index (χ1) is 12.5. The molecule has 0 radical (unpaired) electrons. The Bertz CT molecular complexity index is 1140. The van der Waals surface area contributed by atoms with E-state index in [1.54, 1.807) is 12.1 Å². The molecule has 0 amide bonds. The van der Waals surface area contributed by atoms with Crippen molar-refractivity contribution in [2.45, 2.75) is 24.2 Å². The van der Waals surface area contributed by atoms with Crippen LogP contribution in [-0.4, -0.2) is 16.8 Å². The van der Waals surface area contributed by atoms with Gasteiger partial charge < -0.3 is 0 Å². The molecule has 27 heavy (non-hydrogen) atoms. The van der Waals surface area contributed by atoms with Crippen molar-refractivity contribution in [3.05, 3.63) is 62.5 Å². The van der Waals surface area contributed by atoms with Crippen LogP contribution < -0.4 is 9.86 Å². The van der Waals surface area contributed by atoms with Gasteiger partial charge >= 0.3 is 0 Å². The van der Waals surface area contributed by atoms with Crippen LogP contribution in [0.5, 0.6) is 0 Å². The smallest absolute Gasteiger partial charge is 0.255 e. The van der Waals surface area contributed by atoms with Gasteiger partial charge in [0.2, 0.25) is 10.0 Å².